The minimum atomic E-state index is -1.82. The fraction of sp³-hybridized carbons (Fsp3) is 0.286. The smallest absolute Gasteiger partial charge is 0.414 e. The van der Waals surface area contributed by atoms with E-state index < -0.39 is 11.9 Å². The van der Waals surface area contributed by atoms with Crippen molar-refractivity contribution in [1.82, 2.24) is 9.80 Å². The van der Waals surface area contributed by atoms with Crippen LogP contribution >= 0.6 is 15.9 Å². The van der Waals surface area contributed by atoms with Gasteiger partial charge < -0.3 is 19.8 Å². The highest BCUT2D eigenvalue weighted by atomic mass is 79.9. The first-order chi connectivity index (χ1) is 14.7. The number of carbonyl (C=O) groups excluding carboxylic acids is 1. The molecule has 0 saturated carbocycles. The number of piperazine rings is 1. The Balaban J connectivity index is 0.000000501. The monoisotopic (exact) mass is 496 g/mol. The van der Waals surface area contributed by atoms with Gasteiger partial charge in [-0.1, -0.05) is 28.1 Å². The molecule has 166 valence electrons. The highest BCUT2D eigenvalue weighted by Gasteiger charge is 2.21. The number of aliphatic carboxylic acids is 2. The summed E-state index contributed by atoms with van der Waals surface area (Å²) in [5.74, 6) is -3.18. The lowest BCUT2D eigenvalue weighted by Gasteiger charge is -2.34. The van der Waals surface area contributed by atoms with Crippen LogP contribution in [-0.2, 0) is 20.9 Å². The van der Waals surface area contributed by atoms with E-state index in [1.807, 2.05) is 29.2 Å². The fourth-order valence-corrected chi connectivity index (χ4v) is 3.03. The van der Waals surface area contributed by atoms with Gasteiger partial charge in [0.1, 0.15) is 11.6 Å². The molecular weight excluding hydrogens is 475 g/mol. The average molecular weight is 497 g/mol. The van der Waals surface area contributed by atoms with E-state index in [2.05, 4.69) is 20.8 Å². The van der Waals surface area contributed by atoms with Gasteiger partial charge in [-0.25, -0.2) is 14.0 Å². The van der Waals surface area contributed by atoms with Crippen LogP contribution in [0.1, 0.15) is 5.56 Å². The average Bonchev–Trinajstić information content (AvgIpc) is 2.75. The number of carboxylic acid groups (broad SMARTS) is 2. The van der Waals surface area contributed by atoms with Gasteiger partial charge in [-0.15, -0.1) is 0 Å². The number of carboxylic acids is 2. The Labute approximate surface area is 187 Å². The first kappa shape index (κ1) is 24.3. The normalized spacial score (nSPS) is 13.7. The summed E-state index contributed by atoms with van der Waals surface area (Å²) in [5, 5.41) is 14.8. The molecule has 1 amide bonds. The lowest BCUT2D eigenvalue weighted by atomic mass is 10.2. The van der Waals surface area contributed by atoms with E-state index in [4.69, 9.17) is 24.5 Å². The number of benzene rings is 2. The third-order valence-electron chi connectivity index (χ3n) is 4.40. The Morgan fingerprint density at radius 1 is 0.903 bits per heavy atom. The number of carbonyl (C=O) groups is 3. The van der Waals surface area contributed by atoms with Crippen molar-refractivity contribution in [3.8, 4) is 5.75 Å². The van der Waals surface area contributed by atoms with Crippen molar-refractivity contribution in [2.24, 2.45) is 0 Å². The maximum atomic E-state index is 12.9. The number of hydrogen-bond donors (Lipinski definition) is 2. The Bertz CT molecular complexity index is 872. The number of hydrogen-bond acceptors (Lipinski definition) is 5. The van der Waals surface area contributed by atoms with E-state index in [0.29, 0.717) is 18.8 Å². The van der Waals surface area contributed by atoms with Crippen molar-refractivity contribution >= 4 is 33.8 Å². The van der Waals surface area contributed by atoms with Crippen LogP contribution in [0.25, 0.3) is 0 Å². The van der Waals surface area contributed by atoms with Crippen LogP contribution in [0.4, 0.5) is 4.39 Å². The molecule has 2 N–H and O–H groups in total. The zero-order chi connectivity index (χ0) is 22.8. The maximum absolute atomic E-state index is 12.9. The van der Waals surface area contributed by atoms with Gasteiger partial charge in [0, 0.05) is 37.2 Å². The first-order valence-corrected chi connectivity index (χ1v) is 10.1. The van der Waals surface area contributed by atoms with E-state index in [1.54, 1.807) is 12.1 Å². The summed E-state index contributed by atoms with van der Waals surface area (Å²) >= 11 is 3.37. The van der Waals surface area contributed by atoms with Crippen LogP contribution in [0.2, 0.25) is 0 Å². The second kappa shape index (κ2) is 12.0. The third-order valence-corrected chi connectivity index (χ3v) is 4.93. The summed E-state index contributed by atoms with van der Waals surface area (Å²) in [7, 11) is 0. The Kier molecular flexibility index (Phi) is 9.41. The summed E-state index contributed by atoms with van der Waals surface area (Å²) in [6.45, 7) is 3.81. The van der Waals surface area contributed by atoms with Crippen molar-refractivity contribution in [3.63, 3.8) is 0 Å². The molecule has 0 unspecified atom stereocenters. The molecule has 0 aliphatic carbocycles. The van der Waals surface area contributed by atoms with Crippen LogP contribution in [-0.4, -0.2) is 70.6 Å². The van der Waals surface area contributed by atoms with Crippen LogP contribution in [0.15, 0.2) is 53.0 Å². The minimum Gasteiger partial charge on any atom is -0.484 e. The molecule has 31 heavy (non-hydrogen) atoms. The van der Waals surface area contributed by atoms with Crippen molar-refractivity contribution in [2.45, 2.75) is 6.54 Å². The van der Waals surface area contributed by atoms with Gasteiger partial charge >= 0.3 is 11.9 Å². The molecule has 2 aromatic carbocycles. The molecule has 1 aliphatic heterocycles. The quantitative estimate of drug-likeness (QED) is 0.612. The van der Waals surface area contributed by atoms with E-state index >= 15 is 0 Å². The molecule has 3 rings (SSSR count). The molecule has 0 atom stereocenters. The van der Waals surface area contributed by atoms with E-state index in [1.165, 1.54) is 12.1 Å². The Morgan fingerprint density at radius 2 is 1.45 bits per heavy atom. The molecule has 1 saturated heterocycles. The molecule has 0 aromatic heterocycles. The van der Waals surface area contributed by atoms with E-state index in [0.717, 1.165) is 29.7 Å². The van der Waals surface area contributed by atoms with E-state index in [-0.39, 0.29) is 18.3 Å². The summed E-state index contributed by atoms with van der Waals surface area (Å²) < 4.78 is 19.5. The maximum Gasteiger partial charge on any atom is 0.414 e. The summed E-state index contributed by atoms with van der Waals surface area (Å²) in [5.41, 5.74) is 1.08. The second-order valence-corrected chi connectivity index (χ2v) is 7.55. The van der Waals surface area contributed by atoms with Crippen LogP contribution in [0, 0.1) is 5.82 Å². The molecule has 0 spiro atoms. The van der Waals surface area contributed by atoms with Gasteiger partial charge in [0.05, 0.1) is 0 Å². The molecule has 10 heteroatoms. The van der Waals surface area contributed by atoms with Gasteiger partial charge in [-0.3, -0.25) is 9.69 Å². The van der Waals surface area contributed by atoms with Crippen molar-refractivity contribution in [1.29, 1.82) is 0 Å². The van der Waals surface area contributed by atoms with Gasteiger partial charge in [0.25, 0.3) is 5.91 Å². The number of amides is 1. The zero-order valence-corrected chi connectivity index (χ0v) is 18.1. The van der Waals surface area contributed by atoms with Crippen molar-refractivity contribution in [2.75, 3.05) is 32.8 Å². The standard InChI is InChI=1S/C19H20BrFN2O2.C2H2O4/c20-16-3-7-18(8-4-16)25-14-19(24)23-11-9-22(10-12-23)13-15-1-5-17(21)6-2-15;3-1(4)2(5)6/h1-8H,9-14H2;(H,3,4)(H,5,6). The molecule has 2 aromatic rings. The van der Waals surface area contributed by atoms with Crippen LogP contribution in [0.3, 0.4) is 0 Å². The molecule has 8 nitrogen and oxygen atoms in total. The highest BCUT2D eigenvalue weighted by molar-refractivity contribution is 9.10. The second-order valence-electron chi connectivity index (χ2n) is 6.64. The number of nitrogens with zero attached hydrogens (tertiary/aromatic N) is 2. The van der Waals surface area contributed by atoms with Crippen LogP contribution < -0.4 is 4.74 Å². The Morgan fingerprint density at radius 3 is 1.97 bits per heavy atom. The lowest BCUT2D eigenvalue weighted by Crippen LogP contribution is -2.49. The molecule has 0 radical (unpaired) electrons. The number of rotatable bonds is 5. The molecule has 1 fully saturated rings. The molecule has 1 aliphatic rings. The molecular formula is C21H22BrFN2O6. The van der Waals surface area contributed by atoms with Gasteiger partial charge in [-0.2, -0.15) is 0 Å². The topological polar surface area (TPSA) is 107 Å². The number of halogens is 2. The van der Waals surface area contributed by atoms with Gasteiger partial charge in [0.2, 0.25) is 0 Å². The summed E-state index contributed by atoms with van der Waals surface area (Å²) in [6.07, 6.45) is 0. The number of ether oxygens (including phenoxy) is 1. The SMILES string of the molecule is O=C(COc1ccc(Br)cc1)N1CCN(Cc2ccc(F)cc2)CC1.O=C(O)C(=O)O. The third kappa shape index (κ3) is 8.73. The summed E-state index contributed by atoms with van der Waals surface area (Å²) in [6, 6.07) is 14.0. The molecule has 1 heterocycles. The Hall–Kier alpha value is -2.98. The lowest BCUT2D eigenvalue weighted by molar-refractivity contribution is -0.159. The zero-order valence-electron chi connectivity index (χ0n) is 16.5. The van der Waals surface area contributed by atoms with E-state index in [9.17, 15) is 9.18 Å². The largest absolute Gasteiger partial charge is 0.484 e. The summed E-state index contributed by atoms with van der Waals surface area (Å²) in [4.78, 5) is 34.6. The highest BCUT2D eigenvalue weighted by Crippen LogP contribution is 2.16. The van der Waals surface area contributed by atoms with Crippen molar-refractivity contribution < 1.29 is 33.7 Å². The first-order valence-electron chi connectivity index (χ1n) is 9.33. The predicted octanol–water partition coefficient (Wildman–Crippen LogP) is 2.47. The van der Waals surface area contributed by atoms with Crippen molar-refractivity contribution in [3.05, 3.63) is 64.4 Å². The minimum absolute atomic E-state index is 0.00403. The predicted molar refractivity (Wildman–Crippen MR) is 113 cm³/mol. The van der Waals surface area contributed by atoms with Gasteiger partial charge in [-0.05, 0) is 42.0 Å². The van der Waals surface area contributed by atoms with Crippen LogP contribution in [0.5, 0.6) is 5.75 Å². The fourth-order valence-electron chi connectivity index (χ4n) is 2.77. The van der Waals surface area contributed by atoms with Gasteiger partial charge in [0.15, 0.2) is 6.61 Å². The molecule has 0 bridgehead atoms.